The fourth-order valence-corrected chi connectivity index (χ4v) is 1.89. The second kappa shape index (κ2) is 3.40. The Morgan fingerprint density at radius 2 is 2.18 bits per heavy atom. The molecule has 1 nitrogen and oxygen atoms in total. The zero-order valence-corrected chi connectivity index (χ0v) is 7.80. The van der Waals surface area contributed by atoms with Gasteiger partial charge >= 0.3 is 0 Å². The first-order valence-corrected chi connectivity index (χ1v) is 4.58. The van der Waals surface area contributed by atoms with Gasteiger partial charge in [0.25, 0.3) is 0 Å². The Balaban J connectivity index is 2.70. The number of hydrogen-bond donors (Lipinski definition) is 1. The molecule has 0 fully saturated rings. The minimum absolute atomic E-state index is 0.400. The molecular weight excluding hydrogens is 134 g/mol. The predicted molar refractivity (Wildman–Crippen MR) is 49.3 cm³/mol. The summed E-state index contributed by atoms with van der Waals surface area (Å²) in [6.07, 6.45) is 4.72. The van der Waals surface area contributed by atoms with Crippen molar-refractivity contribution in [3.63, 3.8) is 0 Å². The predicted octanol–water partition coefficient (Wildman–Crippen LogP) is 2.33. The maximum Gasteiger partial charge on any atom is 0.0105 e. The number of hydrogen-bond acceptors (Lipinski definition) is 1. The lowest BCUT2D eigenvalue weighted by atomic mass is 9.80. The van der Waals surface area contributed by atoms with E-state index >= 15 is 0 Å². The summed E-state index contributed by atoms with van der Waals surface area (Å²) < 4.78 is 0. The summed E-state index contributed by atoms with van der Waals surface area (Å²) in [5.41, 5.74) is 7.52. The fraction of sp³-hybridized carbons (Fsp3) is 0.800. The Kier molecular flexibility index (Phi) is 2.72. The smallest absolute Gasteiger partial charge is 0.0105 e. The van der Waals surface area contributed by atoms with Gasteiger partial charge in [0, 0.05) is 6.04 Å². The van der Waals surface area contributed by atoms with Crippen molar-refractivity contribution in [1.82, 2.24) is 0 Å². The summed E-state index contributed by atoms with van der Waals surface area (Å²) >= 11 is 0. The van der Waals surface area contributed by atoms with E-state index in [0.717, 1.165) is 6.42 Å². The quantitative estimate of drug-likeness (QED) is 0.575. The Morgan fingerprint density at radius 3 is 2.64 bits per heavy atom. The van der Waals surface area contributed by atoms with Crippen molar-refractivity contribution in [3.05, 3.63) is 11.6 Å². The molecule has 64 valence electrons. The Morgan fingerprint density at radius 1 is 1.55 bits per heavy atom. The van der Waals surface area contributed by atoms with E-state index in [1.807, 2.05) is 0 Å². The Labute approximate surface area is 69.7 Å². The molecule has 1 rings (SSSR count). The largest absolute Gasteiger partial charge is 0.327 e. The van der Waals surface area contributed by atoms with Crippen LogP contribution in [0.1, 0.15) is 33.6 Å². The lowest BCUT2D eigenvalue weighted by Gasteiger charge is -2.29. The summed E-state index contributed by atoms with van der Waals surface area (Å²) in [4.78, 5) is 0. The maximum atomic E-state index is 5.97. The van der Waals surface area contributed by atoms with Gasteiger partial charge in [0.1, 0.15) is 0 Å². The van der Waals surface area contributed by atoms with E-state index in [2.05, 4.69) is 26.8 Å². The van der Waals surface area contributed by atoms with E-state index in [9.17, 15) is 0 Å². The van der Waals surface area contributed by atoms with Crippen molar-refractivity contribution in [2.45, 2.75) is 39.7 Å². The van der Waals surface area contributed by atoms with Gasteiger partial charge < -0.3 is 5.73 Å². The highest BCUT2D eigenvalue weighted by molar-refractivity contribution is 5.14. The molecule has 0 aromatic rings. The van der Waals surface area contributed by atoms with Crippen molar-refractivity contribution in [2.75, 3.05) is 0 Å². The molecule has 0 radical (unpaired) electrons. The molecule has 2 atom stereocenters. The fourth-order valence-electron chi connectivity index (χ4n) is 1.89. The van der Waals surface area contributed by atoms with E-state index < -0.39 is 0 Å². The molecule has 0 aromatic carbocycles. The van der Waals surface area contributed by atoms with Gasteiger partial charge in [-0.2, -0.15) is 0 Å². The number of allylic oxidation sites excluding steroid dienone is 1. The average molecular weight is 153 g/mol. The van der Waals surface area contributed by atoms with Crippen molar-refractivity contribution in [3.8, 4) is 0 Å². The molecule has 2 N–H and O–H groups in total. The van der Waals surface area contributed by atoms with Gasteiger partial charge in [-0.15, -0.1) is 0 Å². The maximum absolute atomic E-state index is 5.97. The SMILES string of the molecule is CC(C)C1=CCCC(N)C1C. The Bertz CT molecular complexity index is 158. The van der Waals surface area contributed by atoms with E-state index in [-0.39, 0.29) is 0 Å². The van der Waals surface area contributed by atoms with E-state index in [1.54, 1.807) is 5.57 Å². The molecule has 0 heterocycles. The van der Waals surface area contributed by atoms with Gasteiger partial charge in [0.2, 0.25) is 0 Å². The topological polar surface area (TPSA) is 26.0 Å². The van der Waals surface area contributed by atoms with Gasteiger partial charge in [0.15, 0.2) is 0 Å². The summed E-state index contributed by atoms with van der Waals surface area (Å²) in [6, 6.07) is 0.400. The lowest BCUT2D eigenvalue weighted by Crippen LogP contribution is -2.32. The van der Waals surface area contributed by atoms with Gasteiger partial charge in [-0.1, -0.05) is 32.4 Å². The second-order valence-corrected chi connectivity index (χ2v) is 3.89. The third kappa shape index (κ3) is 1.84. The highest BCUT2D eigenvalue weighted by atomic mass is 14.6. The second-order valence-electron chi connectivity index (χ2n) is 3.89. The first-order chi connectivity index (χ1) is 5.13. The standard InChI is InChI=1S/C10H19N/c1-7(2)9-5-4-6-10(11)8(9)3/h5,7-8,10H,4,6,11H2,1-3H3. The summed E-state index contributed by atoms with van der Waals surface area (Å²) in [5, 5.41) is 0. The van der Waals surface area contributed by atoms with Crippen LogP contribution in [0.25, 0.3) is 0 Å². The average Bonchev–Trinajstić information content (AvgIpc) is 1.94. The zero-order valence-electron chi connectivity index (χ0n) is 7.80. The highest BCUT2D eigenvalue weighted by Gasteiger charge is 2.21. The first kappa shape index (κ1) is 8.79. The third-order valence-corrected chi connectivity index (χ3v) is 2.71. The van der Waals surface area contributed by atoms with Crippen molar-refractivity contribution >= 4 is 0 Å². The molecular formula is C10H19N. The molecule has 0 bridgehead atoms. The van der Waals surface area contributed by atoms with Crippen LogP contribution in [0.5, 0.6) is 0 Å². The molecule has 1 heteroatoms. The molecule has 0 saturated heterocycles. The van der Waals surface area contributed by atoms with Gasteiger partial charge in [-0.05, 0) is 24.7 Å². The minimum Gasteiger partial charge on any atom is -0.327 e. The molecule has 0 spiro atoms. The van der Waals surface area contributed by atoms with Crippen molar-refractivity contribution in [2.24, 2.45) is 17.6 Å². The molecule has 0 aromatic heterocycles. The van der Waals surface area contributed by atoms with Crippen LogP contribution < -0.4 is 5.73 Å². The van der Waals surface area contributed by atoms with Crippen LogP contribution in [-0.4, -0.2) is 6.04 Å². The van der Waals surface area contributed by atoms with Crippen LogP contribution in [0.4, 0.5) is 0 Å². The molecule has 2 unspecified atom stereocenters. The lowest BCUT2D eigenvalue weighted by molar-refractivity contribution is 0.429. The molecule has 0 amide bonds. The van der Waals surface area contributed by atoms with E-state index in [0.29, 0.717) is 17.9 Å². The van der Waals surface area contributed by atoms with Crippen molar-refractivity contribution in [1.29, 1.82) is 0 Å². The van der Waals surface area contributed by atoms with Gasteiger partial charge in [-0.25, -0.2) is 0 Å². The van der Waals surface area contributed by atoms with Crippen LogP contribution in [0.3, 0.4) is 0 Å². The van der Waals surface area contributed by atoms with E-state index in [4.69, 9.17) is 5.73 Å². The third-order valence-electron chi connectivity index (χ3n) is 2.71. The van der Waals surface area contributed by atoms with Crippen LogP contribution in [0.15, 0.2) is 11.6 Å². The molecule has 0 saturated carbocycles. The normalized spacial score (nSPS) is 32.3. The Hall–Kier alpha value is -0.300. The number of nitrogens with two attached hydrogens (primary N) is 1. The minimum atomic E-state index is 0.400. The molecule has 11 heavy (non-hydrogen) atoms. The monoisotopic (exact) mass is 153 g/mol. The van der Waals surface area contributed by atoms with Crippen molar-refractivity contribution < 1.29 is 0 Å². The molecule has 0 aliphatic heterocycles. The molecule has 1 aliphatic carbocycles. The summed E-state index contributed by atoms with van der Waals surface area (Å²) in [7, 11) is 0. The summed E-state index contributed by atoms with van der Waals surface area (Å²) in [6.45, 7) is 6.75. The van der Waals surface area contributed by atoms with Crippen LogP contribution in [-0.2, 0) is 0 Å². The zero-order chi connectivity index (χ0) is 8.43. The highest BCUT2D eigenvalue weighted by Crippen LogP contribution is 2.28. The van der Waals surface area contributed by atoms with Crippen LogP contribution >= 0.6 is 0 Å². The summed E-state index contributed by atoms with van der Waals surface area (Å²) in [5.74, 6) is 1.28. The number of rotatable bonds is 1. The first-order valence-electron chi connectivity index (χ1n) is 4.58. The van der Waals surface area contributed by atoms with Gasteiger partial charge in [-0.3, -0.25) is 0 Å². The van der Waals surface area contributed by atoms with E-state index in [1.165, 1.54) is 6.42 Å². The van der Waals surface area contributed by atoms with Gasteiger partial charge in [0.05, 0.1) is 0 Å². The molecule has 1 aliphatic rings. The van der Waals surface area contributed by atoms with Crippen LogP contribution in [0.2, 0.25) is 0 Å². The van der Waals surface area contributed by atoms with Crippen LogP contribution in [0, 0.1) is 11.8 Å².